The van der Waals surface area contributed by atoms with Gasteiger partial charge < -0.3 is 4.74 Å². The van der Waals surface area contributed by atoms with Crippen LogP contribution in [0.1, 0.15) is 11.1 Å². The minimum Gasteiger partial charge on any atom is -0.379 e. The summed E-state index contributed by atoms with van der Waals surface area (Å²) in [7, 11) is -3.52. The van der Waals surface area contributed by atoms with Crippen LogP contribution in [-0.2, 0) is 19.6 Å². The minimum atomic E-state index is -3.52. The SMILES string of the molecule is Cc1ccc2nc(NC(=O)C=Cc3ccc(S(=O)(=O)N4CCOCC4)cc3)sc2c1. The molecule has 3 aromatic rings. The second-order valence-electron chi connectivity index (χ2n) is 6.90. The van der Waals surface area contributed by atoms with Gasteiger partial charge in [-0.1, -0.05) is 29.5 Å². The van der Waals surface area contributed by atoms with E-state index in [2.05, 4.69) is 10.3 Å². The number of amides is 1. The number of nitrogens with zero attached hydrogens (tertiary/aromatic N) is 2. The molecule has 2 heterocycles. The molecule has 1 saturated heterocycles. The van der Waals surface area contributed by atoms with Crippen molar-refractivity contribution in [1.29, 1.82) is 0 Å². The Morgan fingerprint density at radius 3 is 2.63 bits per heavy atom. The van der Waals surface area contributed by atoms with Gasteiger partial charge in [0.1, 0.15) is 0 Å². The van der Waals surface area contributed by atoms with Gasteiger partial charge in [0.15, 0.2) is 5.13 Å². The lowest BCUT2D eigenvalue weighted by molar-refractivity contribution is -0.111. The Morgan fingerprint density at radius 2 is 1.90 bits per heavy atom. The third-order valence-corrected chi connectivity index (χ3v) is 7.54. The maximum absolute atomic E-state index is 12.6. The van der Waals surface area contributed by atoms with Crippen LogP contribution < -0.4 is 5.32 Å². The molecule has 1 aromatic heterocycles. The Morgan fingerprint density at radius 1 is 1.17 bits per heavy atom. The number of anilines is 1. The van der Waals surface area contributed by atoms with E-state index < -0.39 is 10.0 Å². The molecule has 1 aliphatic heterocycles. The Hall–Kier alpha value is -2.59. The average molecular weight is 444 g/mol. The van der Waals surface area contributed by atoms with E-state index in [4.69, 9.17) is 4.74 Å². The van der Waals surface area contributed by atoms with Gasteiger partial charge in [0.05, 0.1) is 28.3 Å². The molecule has 0 radical (unpaired) electrons. The van der Waals surface area contributed by atoms with Crippen LogP contribution in [0.2, 0.25) is 0 Å². The number of carbonyl (C=O) groups excluding carboxylic acids is 1. The van der Waals surface area contributed by atoms with Crippen molar-refractivity contribution in [3.63, 3.8) is 0 Å². The summed E-state index contributed by atoms with van der Waals surface area (Å²) in [6, 6.07) is 12.4. The number of nitrogens with one attached hydrogen (secondary N) is 1. The number of sulfonamides is 1. The predicted octanol–water partition coefficient (Wildman–Crippen LogP) is 3.28. The number of carbonyl (C=O) groups is 1. The quantitative estimate of drug-likeness (QED) is 0.612. The van der Waals surface area contributed by atoms with Gasteiger partial charge in [-0.3, -0.25) is 10.1 Å². The highest BCUT2D eigenvalue weighted by molar-refractivity contribution is 7.89. The fourth-order valence-corrected chi connectivity index (χ4v) is 5.47. The molecule has 0 aliphatic carbocycles. The van der Waals surface area contributed by atoms with E-state index in [1.165, 1.54) is 21.7 Å². The van der Waals surface area contributed by atoms with E-state index in [1.54, 1.807) is 30.3 Å². The van der Waals surface area contributed by atoms with Crippen molar-refractivity contribution in [3.8, 4) is 0 Å². The second kappa shape index (κ2) is 8.65. The van der Waals surface area contributed by atoms with Crippen molar-refractivity contribution >= 4 is 48.7 Å². The molecule has 9 heteroatoms. The largest absolute Gasteiger partial charge is 0.379 e. The molecule has 156 valence electrons. The highest BCUT2D eigenvalue weighted by Crippen LogP contribution is 2.26. The molecular weight excluding hydrogens is 422 g/mol. The van der Waals surface area contributed by atoms with Crippen molar-refractivity contribution in [2.75, 3.05) is 31.6 Å². The van der Waals surface area contributed by atoms with E-state index in [0.717, 1.165) is 21.3 Å². The number of aryl methyl sites for hydroxylation is 1. The Kier molecular flexibility index (Phi) is 5.96. The van der Waals surface area contributed by atoms with Crippen LogP contribution in [0.25, 0.3) is 16.3 Å². The van der Waals surface area contributed by atoms with E-state index in [9.17, 15) is 13.2 Å². The normalized spacial score (nSPS) is 15.6. The number of hydrogen-bond acceptors (Lipinski definition) is 6. The first-order valence-corrected chi connectivity index (χ1v) is 11.7. The van der Waals surface area contributed by atoms with Gasteiger partial charge in [-0.05, 0) is 48.4 Å². The van der Waals surface area contributed by atoms with Gasteiger partial charge >= 0.3 is 0 Å². The summed E-state index contributed by atoms with van der Waals surface area (Å²) < 4.78 is 32.9. The van der Waals surface area contributed by atoms with Crippen molar-refractivity contribution in [3.05, 3.63) is 59.7 Å². The van der Waals surface area contributed by atoms with Gasteiger partial charge in [0.25, 0.3) is 0 Å². The van der Waals surface area contributed by atoms with Crippen LogP contribution in [0.3, 0.4) is 0 Å². The topological polar surface area (TPSA) is 88.6 Å². The molecule has 7 nitrogen and oxygen atoms in total. The number of ether oxygens (including phenoxy) is 1. The summed E-state index contributed by atoms with van der Waals surface area (Å²) in [4.78, 5) is 16.9. The maximum atomic E-state index is 12.6. The van der Waals surface area contributed by atoms with Gasteiger partial charge in [0.2, 0.25) is 15.9 Å². The summed E-state index contributed by atoms with van der Waals surface area (Å²) >= 11 is 1.42. The smallest absolute Gasteiger partial charge is 0.250 e. The first-order valence-electron chi connectivity index (χ1n) is 9.46. The molecule has 0 saturated carbocycles. The number of morpholine rings is 1. The molecule has 4 rings (SSSR count). The first-order chi connectivity index (χ1) is 14.4. The minimum absolute atomic E-state index is 0.232. The summed E-state index contributed by atoms with van der Waals surface area (Å²) in [5, 5.41) is 3.31. The summed E-state index contributed by atoms with van der Waals surface area (Å²) in [6.07, 6.45) is 3.04. The van der Waals surface area contributed by atoms with Crippen molar-refractivity contribution in [2.45, 2.75) is 11.8 Å². The number of thiazole rings is 1. The Balaban J connectivity index is 1.41. The van der Waals surface area contributed by atoms with Crippen LogP contribution in [0.15, 0.2) is 53.4 Å². The molecule has 1 N–H and O–H groups in total. The lowest BCUT2D eigenvalue weighted by Crippen LogP contribution is -2.40. The lowest BCUT2D eigenvalue weighted by atomic mass is 10.2. The van der Waals surface area contributed by atoms with Crippen molar-refractivity contribution < 1.29 is 17.9 Å². The van der Waals surface area contributed by atoms with E-state index in [1.807, 2.05) is 25.1 Å². The fourth-order valence-electron chi connectivity index (χ4n) is 3.09. The van der Waals surface area contributed by atoms with Gasteiger partial charge in [-0.25, -0.2) is 13.4 Å². The monoisotopic (exact) mass is 443 g/mol. The number of fused-ring (bicyclic) bond motifs is 1. The Labute approximate surface area is 179 Å². The van der Waals surface area contributed by atoms with E-state index in [-0.39, 0.29) is 10.8 Å². The fraction of sp³-hybridized carbons (Fsp3) is 0.238. The van der Waals surface area contributed by atoms with E-state index >= 15 is 0 Å². The molecule has 30 heavy (non-hydrogen) atoms. The second-order valence-corrected chi connectivity index (χ2v) is 9.87. The maximum Gasteiger partial charge on any atom is 0.250 e. The van der Waals surface area contributed by atoms with Gasteiger partial charge in [0, 0.05) is 19.2 Å². The molecule has 1 amide bonds. The third-order valence-electron chi connectivity index (χ3n) is 4.69. The molecule has 0 spiro atoms. The van der Waals surface area contributed by atoms with Gasteiger partial charge in [-0.2, -0.15) is 4.31 Å². The summed E-state index contributed by atoms with van der Waals surface area (Å²) in [5.41, 5.74) is 2.72. The average Bonchev–Trinajstić information content (AvgIpc) is 3.14. The highest BCUT2D eigenvalue weighted by atomic mass is 32.2. The molecule has 1 aliphatic rings. The first kappa shape index (κ1) is 20.7. The van der Waals surface area contributed by atoms with E-state index in [0.29, 0.717) is 31.4 Å². The van der Waals surface area contributed by atoms with Crippen LogP contribution in [-0.4, -0.2) is 49.9 Å². The van der Waals surface area contributed by atoms with Crippen LogP contribution in [0, 0.1) is 6.92 Å². The van der Waals surface area contributed by atoms with Crippen molar-refractivity contribution in [2.24, 2.45) is 0 Å². The number of rotatable bonds is 5. The number of hydrogen-bond donors (Lipinski definition) is 1. The molecule has 0 bridgehead atoms. The standard InChI is InChI=1S/C21H21N3O4S2/c1-15-2-8-18-19(14-15)29-21(22-18)23-20(25)9-5-16-3-6-17(7-4-16)30(26,27)24-10-12-28-13-11-24/h2-9,14H,10-13H2,1H3,(H,22,23,25). The number of aromatic nitrogens is 1. The van der Waals surface area contributed by atoms with Crippen LogP contribution >= 0.6 is 11.3 Å². The summed E-state index contributed by atoms with van der Waals surface area (Å²) in [5.74, 6) is -0.296. The predicted molar refractivity (Wildman–Crippen MR) is 118 cm³/mol. The van der Waals surface area contributed by atoms with Crippen LogP contribution in [0.4, 0.5) is 5.13 Å². The highest BCUT2D eigenvalue weighted by Gasteiger charge is 2.25. The molecule has 1 fully saturated rings. The zero-order chi connectivity index (χ0) is 21.1. The molecular formula is C21H21N3O4S2. The lowest BCUT2D eigenvalue weighted by Gasteiger charge is -2.26. The molecule has 2 aromatic carbocycles. The van der Waals surface area contributed by atoms with Gasteiger partial charge in [-0.15, -0.1) is 0 Å². The zero-order valence-electron chi connectivity index (χ0n) is 16.4. The molecule has 0 atom stereocenters. The summed E-state index contributed by atoms with van der Waals surface area (Å²) in [6.45, 7) is 3.54. The molecule has 0 unspecified atom stereocenters. The Bertz CT molecular complexity index is 1190. The third kappa shape index (κ3) is 4.59. The number of benzene rings is 2. The zero-order valence-corrected chi connectivity index (χ0v) is 18.0. The van der Waals surface area contributed by atoms with Crippen molar-refractivity contribution in [1.82, 2.24) is 9.29 Å². The van der Waals surface area contributed by atoms with Crippen LogP contribution in [0.5, 0.6) is 0 Å².